The number of halogens is 3. The van der Waals surface area contributed by atoms with E-state index in [1.54, 1.807) is 13.1 Å². The molecule has 0 aliphatic carbocycles. The van der Waals surface area contributed by atoms with Gasteiger partial charge in [-0.2, -0.15) is 13.2 Å². The second-order valence-electron chi connectivity index (χ2n) is 5.40. The minimum atomic E-state index is -4.36. The number of benzene rings is 1. The fourth-order valence-electron chi connectivity index (χ4n) is 2.17. The first-order valence-electron chi connectivity index (χ1n) is 7.44. The molecule has 0 unspecified atom stereocenters. The number of rotatable bonds is 8. The van der Waals surface area contributed by atoms with Gasteiger partial charge in [0.05, 0.1) is 5.56 Å². The van der Waals surface area contributed by atoms with Gasteiger partial charge in [0.1, 0.15) is 0 Å². The Balaban J connectivity index is 2.47. The van der Waals surface area contributed by atoms with Crippen LogP contribution in [0.2, 0.25) is 0 Å². The van der Waals surface area contributed by atoms with Gasteiger partial charge in [0.2, 0.25) is 5.91 Å². The van der Waals surface area contributed by atoms with E-state index in [0.29, 0.717) is 18.5 Å². The Morgan fingerprint density at radius 2 is 1.86 bits per heavy atom. The van der Waals surface area contributed by atoms with E-state index in [9.17, 15) is 18.0 Å². The summed E-state index contributed by atoms with van der Waals surface area (Å²) in [6.07, 6.45) is -0.261. The van der Waals surface area contributed by atoms with E-state index < -0.39 is 11.7 Å². The second-order valence-corrected chi connectivity index (χ2v) is 5.40. The second kappa shape index (κ2) is 8.78. The minimum Gasteiger partial charge on any atom is -0.341 e. The quantitative estimate of drug-likeness (QED) is 0.745. The molecule has 6 heteroatoms. The summed E-state index contributed by atoms with van der Waals surface area (Å²) in [5, 5.41) is 0. The number of alkyl halides is 3. The number of unbranched alkanes of at least 4 members (excludes halogenated alkanes) is 3. The smallest absolute Gasteiger partial charge is 0.341 e. The number of nitrogens with zero attached hydrogens (tertiary/aromatic N) is 1. The molecule has 1 amide bonds. The van der Waals surface area contributed by atoms with Crippen molar-refractivity contribution in [2.75, 3.05) is 13.6 Å². The maximum absolute atomic E-state index is 12.6. The Labute approximate surface area is 129 Å². The lowest BCUT2D eigenvalue weighted by atomic mass is 10.1. The first-order chi connectivity index (χ1) is 10.3. The Hall–Kier alpha value is -1.56. The molecule has 1 rings (SSSR count). The molecule has 1 aromatic carbocycles. The number of nitrogens with two attached hydrogens (primary N) is 1. The van der Waals surface area contributed by atoms with Crippen molar-refractivity contribution in [3.05, 3.63) is 35.4 Å². The third-order valence-electron chi connectivity index (χ3n) is 3.44. The van der Waals surface area contributed by atoms with Gasteiger partial charge in [-0.05, 0) is 37.1 Å². The average molecular weight is 316 g/mol. The van der Waals surface area contributed by atoms with E-state index in [0.717, 1.165) is 37.8 Å². The van der Waals surface area contributed by atoms with E-state index >= 15 is 0 Å². The van der Waals surface area contributed by atoms with Crippen LogP contribution in [0.5, 0.6) is 0 Å². The van der Waals surface area contributed by atoms with Crippen LogP contribution in [0.1, 0.15) is 43.2 Å². The Kier molecular flexibility index (Phi) is 7.38. The van der Waals surface area contributed by atoms with Crippen LogP contribution >= 0.6 is 0 Å². The zero-order chi connectivity index (χ0) is 16.6. The summed E-state index contributed by atoms with van der Waals surface area (Å²) in [4.78, 5) is 13.4. The molecule has 0 fully saturated rings. The summed E-state index contributed by atoms with van der Waals surface area (Å²) in [6, 6.07) is 5.08. The van der Waals surface area contributed by atoms with Crippen LogP contribution in [-0.2, 0) is 17.5 Å². The summed E-state index contributed by atoms with van der Waals surface area (Å²) in [5.74, 6) is -0.0508. The van der Waals surface area contributed by atoms with Crippen LogP contribution in [-0.4, -0.2) is 24.4 Å². The Morgan fingerprint density at radius 1 is 1.18 bits per heavy atom. The van der Waals surface area contributed by atoms with Gasteiger partial charge in [-0.3, -0.25) is 4.79 Å². The minimum absolute atomic E-state index is 0.0508. The molecule has 0 spiro atoms. The third-order valence-corrected chi connectivity index (χ3v) is 3.44. The normalized spacial score (nSPS) is 11.5. The lowest BCUT2D eigenvalue weighted by molar-refractivity contribution is -0.137. The van der Waals surface area contributed by atoms with Crippen LogP contribution < -0.4 is 5.73 Å². The highest BCUT2D eigenvalue weighted by Gasteiger charge is 2.30. The van der Waals surface area contributed by atoms with Crippen molar-refractivity contribution in [1.82, 2.24) is 4.90 Å². The predicted octanol–water partition coefficient (Wildman–Crippen LogP) is 3.57. The summed E-state index contributed by atoms with van der Waals surface area (Å²) in [6.45, 7) is 0.842. The maximum atomic E-state index is 12.6. The zero-order valence-corrected chi connectivity index (χ0v) is 12.8. The lowest BCUT2D eigenvalue weighted by Crippen LogP contribution is -2.26. The van der Waals surface area contributed by atoms with Crippen LogP contribution in [0.3, 0.4) is 0 Å². The van der Waals surface area contributed by atoms with Gasteiger partial charge in [0, 0.05) is 20.0 Å². The highest BCUT2D eigenvalue weighted by atomic mass is 19.4. The number of hydrogen-bond acceptors (Lipinski definition) is 2. The molecule has 22 heavy (non-hydrogen) atoms. The van der Waals surface area contributed by atoms with Gasteiger partial charge in [0.15, 0.2) is 0 Å². The highest BCUT2D eigenvalue weighted by molar-refractivity contribution is 5.75. The first kappa shape index (κ1) is 18.5. The van der Waals surface area contributed by atoms with E-state index in [2.05, 4.69) is 0 Å². The van der Waals surface area contributed by atoms with E-state index in [1.807, 2.05) is 0 Å². The summed E-state index contributed by atoms with van der Waals surface area (Å²) < 4.78 is 37.9. The molecule has 0 aromatic heterocycles. The molecular weight excluding hydrogens is 293 g/mol. The van der Waals surface area contributed by atoms with Gasteiger partial charge in [0.25, 0.3) is 0 Å². The van der Waals surface area contributed by atoms with Crippen LogP contribution in [0, 0.1) is 0 Å². The fourth-order valence-corrected chi connectivity index (χ4v) is 2.17. The molecule has 0 aliphatic heterocycles. The van der Waals surface area contributed by atoms with E-state index in [1.165, 1.54) is 11.0 Å². The molecule has 124 valence electrons. The topological polar surface area (TPSA) is 46.3 Å². The van der Waals surface area contributed by atoms with Gasteiger partial charge in [-0.1, -0.05) is 25.0 Å². The molecule has 3 nitrogen and oxygen atoms in total. The molecule has 0 aliphatic rings. The molecule has 0 bridgehead atoms. The van der Waals surface area contributed by atoms with Gasteiger partial charge >= 0.3 is 6.18 Å². The summed E-state index contributed by atoms with van der Waals surface area (Å²) in [5.41, 5.74) is 5.19. The zero-order valence-electron chi connectivity index (χ0n) is 12.8. The van der Waals surface area contributed by atoms with Crippen LogP contribution in [0.15, 0.2) is 24.3 Å². The number of hydrogen-bond donors (Lipinski definition) is 1. The summed E-state index contributed by atoms with van der Waals surface area (Å²) in [7, 11) is 1.61. The van der Waals surface area contributed by atoms with Crippen molar-refractivity contribution in [3.8, 4) is 0 Å². The van der Waals surface area contributed by atoms with Gasteiger partial charge in [-0.25, -0.2) is 0 Å². The van der Waals surface area contributed by atoms with Crippen molar-refractivity contribution >= 4 is 5.91 Å². The van der Waals surface area contributed by atoms with Crippen LogP contribution in [0.25, 0.3) is 0 Å². The van der Waals surface area contributed by atoms with Gasteiger partial charge < -0.3 is 10.6 Å². The van der Waals surface area contributed by atoms with Gasteiger partial charge in [-0.15, -0.1) is 0 Å². The average Bonchev–Trinajstić information content (AvgIpc) is 2.46. The molecule has 1 aromatic rings. The molecule has 0 radical (unpaired) electrons. The molecule has 0 atom stereocenters. The van der Waals surface area contributed by atoms with E-state index in [4.69, 9.17) is 5.73 Å². The Morgan fingerprint density at radius 3 is 2.50 bits per heavy atom. The SMILES string of the molecule is CN(Cc1cccc(C(F)(F)F)c1)C(=O)CCCCCCN. The fraction of sp³-hybridized carbons (Fsp3) is 0.562. The van der Waals surface area contributed by atoms with Crippen molar-refractivity contribution in [3.63, 3.8) is 0 Å². The van der Waals surface area contributed by atoms with Crippen molar-refractivity contribution < 1.29 is 18.0 Å². The number of carbonyl (C=O) groups is 1. The monoisotopic (exact) mass is 316 g/mol. The molecule has 0 saturated heterocycles. The summed E-state index contributed by atoms with van der Waals surface area (Å²) >= 11 is 0. The first-order valence-corrected chi connectivity index (χ1v) is 7.44. The maximum Gasteiger partial charge on any atom is 0.416 e. The Bertz CT molecular complexity index is 475. The van der Waals surface area contributed by atoms with Crippen molar-refractivity contribution in [2.45, 2.75) is 44.8 Å². The number of carbonyl (C=O) groups excluding carboxylic acids is 1. The standard InChI is InChI=1S/C16H23F3N2O/c1-21(15(22)9-4-2-3-5-10-20)12-13-7-6-8-14(11-13)16(17,18)19/h6-8,11H,2-5,9-10,12,20H2,1H3. The molecule has 0 saturated carbocycles. The van der Waals surface area contributed by atoms with E-state index in [-0.39, 0.29) is 12.5 Å². The largest absolute Gasteiger partial charge is 0.416 e. The van der Waals surface area contributed by atoms with Crippen molar-refractivity contribution in [2.24, 2.45) is 5.73 Å². The third kappa shape index (κ3) is 6.47. The predicted molar refractivity (Wildman–Crippen MR) is 80.1 cm³/mol. The molecular formula is C16H23F3N2O. The molecule has 2 N–H and O–H groups in total. The molecule has 0 heterocycles. The van der Waals surface area contributed by atoms with Crippen molar-refractivity contribution in [1.29, 1.82) is 0 Å². The van der Waals surface area contributed by atoms with Crippen LogP contribution in [0.4, 0.5) is 13.2 Å². The lowest BCUT2D eigenvalue weighted by Gasteiger charge is -2.18. The number of amides is 1. The highest BCUT2D eigenvalue weighted by Crippen LogP contribution is 2.29.